The molecule has 0 rings (SSSR count). The quantitative estimate of drug-likeness (QED) is 0.0357. The van der Waals surface area contributed by atoms with Crippen molar-refractivity contribution in [2.45, 2.75) is 161 Å². The Balaban J connectivity index is 4.40. The lowest BCUT2D eigenvalue weighted by Gasteiger charge is -2.31. The van der Waals surface area contributed by atoms with Crippen LogP contribution in [0.15, 0.2) is 12.2 Å². The molecule has 0 spiro atoms. The normalized spacial score (nSPS) is 13.2. The van der Waals surface area contributed by atoms with Gasteiger partial charge in [-0.05, 0) is 38.5 Å². The Morgan fingerprint density at radius 1 is 0.659 bits per heavy atom. The molecule has 8 heteroatoms. The number of likely N-dealkylation sites (N-methyl/N-ethyl adjacent to an activating group) is 1. The minimum absolute atomic E-state index is 0.0512. The molecule has 0 radical (unpaired) electrons. The summed E-state index contributed by atoms with van der Waals surface area (Å²) in [6, 6.07) is -0.609. The highest BCUT2D eigenvalue weighted by molar-refractivity contribution is 5.72. The second-order valence-corrected chi connectivity index (χ2v) is 13.1. The van der Waals surface area contributed by atoms with E-state index in [1.54, 1.807) is 0 Å². The Hall–Kier alpha value is -1.93. The number of hydrogen-bond donors (Lipinski definition) is 1. The van der Waals surface area contributed by atoms with Gasteiger partial charge >= 0.3 is 17.9 Å². The Kier molecular flexibility index (Phi) is 27.3. The van der Waals surface area contributed by atoms with Crippen molar-refractivity contribution < 1.29 is 38.2 Å². The standard InChI is InChI=1S/C36H67NO7/c1-6-8-10-12-14-15-16-17-18-19-20-21-23-25-27-35(39)44-32(30-42-29-28-33(36(40)41)37(3,4)5)31-43-34(38)26-24-22-13-11-9-7-2/h16-17,32-33H,6-15,18-31H2,1-5H3/p+1/b17-16-. The van der Waals surface area contributed by atoms with E-state index in [9.17, 15) is 19.5 Å². The topological polar surface area (TPSA) is 99.1 Å². The van der Waals surface area contributed by atoms with Crippen LogP contribution in [0.25, 0.3) is 0 Å². The summed E-state index contributed by atoms with van der Waals surface area (Å²) in [6.45, 7) is 4.64. The molecular weight excluding hydrogens is 558 g/mol. The van der Waals surface area contributed by atoms with E-state index in [0.29, 0.717) is 19.3 Å². The Morgan fingerprint density at radius 2 is 1.14 bits per heavy atom. The number of hydrogen-bond acceptors (Lipinski definition) is 6. The number of rotatable bonds is 31. The van der Waals surface area contributed by atoms with Gasteiger partial charge in [-0.25, -0.2) is 4.79 Å². The molecule has 0 aliphatic carbocycles. The van der Waals surface area contributed by atoms with Gasteiger partial charge in [0.05, 0.1) is 34.4 Å². The van der Waals surface area contributed by atoms with Crippen molar-refractivity contribution in [3.63, 3.8) is 0 Å². The summed E-state index contributed by atoms with van der Waals surface area (Å²) in [5.74, 6) is -1.49. The van der Waals surface area contributed by atoms with Crippen molar-refractivity contribution in [2.24, 2.45) is 0 Å². The highest BCUT2D eigenvalue weighted by atomic mass is 16.6. The predicted molar refractivity (Wildman–Crippen MR) is 179 cm³/mol. The molecule has 1 N–H and O–H groups in total. The first-order valence-electron chi connectivity index (χ1n) is 17.7. The number of aliphatic carboxylic acids is 1. The van der Waals surface area contributed by atoms with E-state index in [1.165, 1.54) is 64.2 Å². The number of carbonyl (C=O) groups is 3. The largest absolute Gasteiger partial charge is 0.477 e. The fraction of sp³-hybridized carbons (Fsp3) is 0.861. The first kappa shape index (κ1) is 42.1. The van der Waals surface area contributed by atoms with Crippen molar-refractivity contribution in [2.75, 3.05) is 41.0 Å². The minimum atomic E-state index is -0.877. The van der Waals surface area contributed by atoms with Crippen molar-refractivity contribution in [3.05, 3.63) is 12.2 Å². The second kappa shape index (κ2) is 28.5. The fourth-order valence-corrected chi connectivity index (χ4v) is 5.08. The maximum atomic E-state index is 12.6. The van der Waals surface area contributed by atoms with E-state index in [0.717, 1.165) is 51.4 Å². The Bertz CT molecular complexity index is 747. The molecule has 0 saturated heterocycles. The van der Waals surface area contributed by atoms with Gasteiger partial charge in [-0.15, -0.1) is 0 Å². The average molecular weight is 627 g/mol. The molecule has 0 heterocycles. The van der Waals surface area contributed by atoms with E-state index in [2.05, 4.69) is 26.0 Å². The van der Waals surface area contributed by atoms with Crippen LogP contribution in [-0.4, -0.2) is 80.6 Å². The molecule has 0 fully saturated rings. The summed E-state index contributed by atoms with van der Waals surface area (Å²) < 4.78 is 17.1. The number of carbonyl (C=O) groups excluding carboxylic acids is 2. The van der Waals surface area contributed by atoms with Crippen LogP contribution in [-0.2, 0) is 28.6 Å². The lowest BCUT2D eigenvalue weighted by atomic mass is 10.1. The van der Waals surface area contributed by atoms with E-state index in [1.807, 2.05) is 21.1 Å². The molecule has 0 aliphatic rings. The van der Waals surface area contributed by atoms with E-state index in [-0.39, 0.29) is 36.2 Å². The molecule has 0 saturated carbocycles. The van der Waals surface area contributed by atoms with Gasteiger partial charge in [0, 0.05) is 19.3 Å². The molecule has 2 unspecified atom stereocenters. The van der Waals surface area contributed by atoms with Crippen molar-refractivity contribution in [1.29, 1.82) is 0 Å². The highest BCUT2D eigenvalue weighted by Gasteiger charge is 2.31. The number of quaternary nitrogens is 1. The van der Waals surface area contributed by atoms with Crippen LogP contribution in [0.3, 0.4) is 0 Å². The number of unbranched alkanes of at least 4 members (excludes halogenated alkanes) is 15. The number of carboxylic acids is 1. The summed E-state index contributed by atoms with van der Waals surface area (Å²) in [7, 11) is 5.50. The molecule has 0 amide bonds. The first-order valence-corrected chi connectivity index (χ1v) is 17.7. The summed E-state index contributed by atoms with van der Waals surface area (Å²) >= 11 is 0. The third kappa shape index (κ3) is 26.5. The van der Waals surface area contributed by atoms with Crippen LogP contribution in [0.2, 0.25) is 0 Å². The number of allylic oxidation sites excluding steroid dienone is 2. The molecule has 0 aromatic heterocycles. The highest BCUT2D eigenvalue weighted by Crippen LogP contribution is 2.13. The van der Waals surface area contributed by atoms with Gasteiger partial charge in [0.1, 0.15) is 6.61 Å². The van der Waals surface area contributed by atoms with E-state index >= 15 is 0 Å². The summed E-state index contributed by atoms with van der Waals surface area (Å²) in [6.07, 6.45) is 25.5. The minimum Gasteiger partial charge on any atom is -0.477 e. The molecule has 0 bridgehead atoms. The summed E-state index contributed by atoms with van der Waals surface area (Å²) in [5.41, 5.74) is 0. The van der Waals surface area contributed by atoms with Crippen LogP contribution in [0.5, 0.6) is 0 Å². The number of nitrogens with zero attached hydrogens (tertiary/aromatic N) is 1. The zero-order valence-corrected chi connectivity index (χ0v) is 29.1. The van der Waals surface area contributed by atoms with Gasteiger partial charge in [0.25, 0.3) is 0 Å². The maximum absolute atomic E-state index is 12.6. The lowest BCUT2D eigenvalue weighted by Crippen LogP contribution is -2.50. The summed E-state index contributed by atoms with van der Waals surface area (Å²) in [5, 5.41) is 9.54. The smallest absolute Gasteiger partial charge is 0.362 e. The van der Waals surface area contributed by atoms with Gasteiger partial charge in [0.15, 0.2) is 12.1 Å². The maximum Gasteiger partial charge on any atom is 0.362 e. The molecule has 0 aromatic rings. The monoisotopic (exact) mass is 626 g/mol. The predicted octanol–water partition coefficient (Wildman–Crippen LogP) is 8.41. The van der Waals surface area contributed by atoms with Crippen LogP contribution in [0, 0.1) is 0 Å². The van der Waals surface area contributed by atoms with E-state index in [4.69, 9.17) is 14.2 Å². The third-order valence-corrected chi connectivity index (χ3v) is 7.91. The Labute approximate surface area is 269 Å². The number of ether oxygens (including phenoxy) is 3. The molecule has 258 valence electrons. The van der Waals surface area contributed by atoms with Crippen LogP contribution >= 0.6 is 0 Å². The zero-order chi connectivity index (χ0) is 32.9. The van der Waals surface area contributed by atoms with Crippen LogP contribution < -0.4 is 0 Å². The van der Waals surface area contributed by atoms with Gasteiger partial charge in [0.2, 0.25) is 0 Å². The number of carboxylic acid groups (broad SMARTS) is 1. The number of esters is 2. The molecule has 44 heavy (non-hydrogen) atoms. The fourth-order valence-electron chi connectivity index (χ4n) is 5.08. The second-order valence-electron chi connectivity index (χ2n) is 13.1. The molecule has 0 aliphatic heterocycles. The molecule has 8 nitrogen and oxygen atoms in total. The summed E-state index contributed by atoms with van der Waals surface area (Å²) in [4.78, 5) is 36.5. The molecule has 0 aromatic carbocycles. The van der Waals surface area contributed by atoms with Gasteiger partial charge in [-0.1, -0.05) is 103 Å². The van der Waals surface area contributed by atoms with Crippen molar-refractivity contribution >= 4 is 17.9 Å². The van der Waals surface area contributed by atoms with Crippen molar-refractivity contribution in [1.82, 2.24) is 0 Å². The van der Waals surface area contributed by atoms with Crippen molar-refractivity contribution in [3.8, 4) is 0 Å². The lowest BCUT2D eigenvalue weighted by molar-refractivity contribution is -0.887. The zero-order valence-electron chi connectivity index (χ0n) is 29.1. The Morgan fingerprint density at radius 3 is 1.64 bits per heavy atom. The average Bonchev–Trinajstić information content (AvgIpc) is 2.96. The van der Waals surface area contributed by atoms with E-state index < -0.39 is 18.1 Å². The first-order chi connectivity index (χ1) is 21.1. The molecule has 2 atom stereocenters. The van der Waals surface area contributed by atoms with Crippen LogP contribution in [0.4, 0.5) is 0 Å². The SMILES string of the molecule is CCCCCCC/C=C\CCCCCCCC(=O)OC(COCCC(C(=O)O)[N+](C)(C)C)COC(=O)CCCCCCCC. The third-order valence-electron chi connectivity index (χ3n) is 7.91. The van der Waals surface area contributed by atoms with Gasteiger partial charge in [-0.2, -0.15) is 0 Å². The van der Waals surface area contributed by atoms with Gasteiger partial charge in [-0.3, -0.25) is 9.59 Å². The molecular formula is C36H68NO7+. The van der Waals surface area contributed by atoms with Gasteiger partial charge < -0.3 is 23.8 Å². The van der Waals surface area contributed by atoms with Crippen LogP contribution in [0.1, 0.15) is 149 Å².